The number of carbonyl (C=O) groups excluding carboxylic acids is 1. The van der Waals surface area contributed by atoms with Crippen LogP contribution in [0, 0.1) is 0 Å². The molecule has 2 aromatic carbocycles. The van der Waals surface area contributed by atoms with Gasteiger partial charge in [0, 0.05) is 13.1 Å². The van der Waals surface area contributed by atoms with Gasteiger partial charge in [0.2, 0.25) is 0 Å². The summed E-state index contributed by atoms with van der Waals surface area (Å²) < 4.78 is 5.90. The molecule has 0 aliphatic carbocycles. The highest BCUT2D eigenvalue weighted by atomic mass is 16.4. The van der Waals surface area contributed by atoms with Gasteiger partial charge in [0.15, 0.2) is 11.3 Å². The molecular weight excluding hydrogens is 368 g/mol. The van der Waals surface area contributed by atoms with Crippen LogP contribution >= 0.6 is 0 Å². The fourth-order valence-corrected chi connectivity index (χ4v) is 3.64. The maximum atomic E-state index is 12.5. The van der Waals surface area contributed by atoms with Crippen LogP contribution in [0.15, 0.2) is 65.2 Å². The Morgan fingerprint density at radius 1 is 1.14 bits per heavy atom. The zero-order valence-electron chi connectivity index (χ0n) is 15.7. The van der Waals surface area contributed by atoms with Gasteiger partial charge < -0.3 is 14.6 Å². The molecule has 5 rings (SSSR count). The monoisotopic (exact) mass is 388 g/mol. The summed E-state index contributed by atoms with van der Waals surface area (Å²) in [5.41, 5.74) is 2.72. The van der Waals surface area contributed by atoms with E-state index >= 15 is 0 Å². The predicted octanol–water partition coefficient (Wildman–Crippen LogP) is 2.81. The Morgan fingerprint density at radius 2 is 1.97 bits per heavy atom. The fraction of sp³-hybridized carbons (Fsp3) is 0.238. The molecule has 1 saturated heterocycles. The zero-order valence-corrected chi connectivity index (χ0v) is 15.7. The quantitative estimate of drug-likeness (QED) is 0.566. The second-order valence-electron chi connectivity index (χ2n) is 7.02. The van der Waals surface area contributed by atoms with Gasteiger partial charge in [-0.15, -0.1) is 5.10 Å². The number of oxazole rings is 1. The molecule has 0 saturated carbocycles. The van der Waals surface area contributed by atoms with Crippen LogP contribution < -0.4 is 10.2 Å². The average molecular weight is 388 g/mol. The number of rotatable bonds is 5. The highest BCUT2D eigenvalue weighted by Crippen LogP contribution is 2.28. The largest absolute Gasteiger partial charge is 0.423 e. The first-order valence-electron chi connectivity index (χ1n) is 9.66. The first-order valence-corrected chi connectivity index (χ1v) is 9.66. The lowest BCUT2D eigenvalue weighted by Gasteiger charge is -2.22. The molecule has 29 heavy (non-hydrogen) atoms. The third-order valence-corrected chi connectivity index (χ3v) is 5.12. The Labute approximate surface area is 167 Å². The number of benzene rings is 2. The summed E-state index contributed by atoms with van der Waals surface area (Å²) in [7, 11) is 0. The van der Waals surface area contributed by atoms with Gasteiger partial charge in [-0.2, -0.15) is 14.9 Å². The van der Waals surface area contributed by atoms with E-state index in [2.05, 4.69) is 25.4 Å². The van der Waals surface area contributed by atoms with Gasteiger partial charge in [-0.25, -0.2) is 0 Å². The number of hydrogen-bond acceptors (Lipinski definition) is 6. The van der Waals surface area contributed by atoms with Gasteiger partial charge in [0.05, 0.1) is 17.9 Å². The number of hydrogen-bond donors (Lipinski definition) is 1. The summed E-state index contributed by atoms with van der Waals surface area (Å²) in [5, 5.41) is 11.4. The van der Waals surface area contributed by atoms with Gasteiger partial charge in [0.1, 0.15) is 5.52 Å². The van der Waals surface area contributed by atoms with Crippen molar-refractivity contribution in [2.24, 2.45) is 0 Å². The van der Waals surface area contributed by atoms with Gasteiger partial charge in [-0.05, 0) is 37.1 Å². The molecule has 1 unspecified atom stereocenters. The van der Waals surface area contributed by atoms with Crippen LogP contribution in [0.25, 0.3) is 16.8 Å². The average Bonchev–Trinajstić information content (AvgIpc) is 3.51. The Morgan fingerprint density at radius 3 is 2.83 bits per heavy atom. The molecule has 1 atom stereocenters. The minimum Gasteiger partial charge on any atom is -0.423 e. The summed E-state index contributed by atoms with van der Waals surface area (Å²) in [6.45, 7) is 1.35. The lowest BCUT2D eigenvalue weighted by molar-refractivity contribution is 0.0945. The molecule has 8 heteroatoms. The third-order valence-electron chi connectivity index (χ3n) is 5.12. The summed E-state index contributed by atoms with van der Waals surface area (Å²) in [4.78, 5) is 20.7. The predicted molar refractivity (Wildman–Crippen MR) is 108 cm³/mol. The first kappa shape index (κ1) is 17.4. The number of amides is 1. The Kier molecular flexibility index (Phi) is 4.44. The van der Waals surface area contributed by atoms with Gasteiger partial charge in [-0.1, -0.05) is 30.3 Å². The Hall–Kier alpha value is -3.68. The minimum atomic E-state index is -0.239. The zero-order chi connectivity index (χ0) is 19.6. The number of carbonyl (C=O) groups is 1. The van der Waals surface area contributed by atoms with Crippen LogP contribution in [0.2, 0.25) is 0 Å². The third kappa shape index (κ3) is 3.44. The van der Waals surface area contributed by atoms with E-state index in [-0.39, 0.29) is 11.9 Å². The molecule has 0 bridgehead atoms. The molecule has 0 spiro atoms. The van der Waals surface area contributed by atoms with Gasteiger partial charge in [0.25, 0.3) is 11.9 Å². The molecule has 3 heterocycles. The van der Waals surface area contributed by atoms with Crippen molar-refractivity contribution in [3.05, 3.63) is 66.5 Å². The van der Waals surface area contributed by atoms with Crippen molar-refractivity contribution in [1.29, 1.82) is 0 Å². The number of aromatic nitrogens is 4. The molecule has 4 aromatic rings. The second-order valence-corrected chi connectivity index (χ2v) is 7.02. The van der Waals surface area contributed by atoms with E-state index in [1.165, 1.54) is 11.0 Å². The molecule has 2 aromatic heterocycles. The van der Waals surface area contributed by atoms with Crippen molar-refractivity contribution in [2.45, 2.75) is 18.9 Å². The standard InChI is InChI=1S/C21H20N6O2/c28-20(18-14-23-27(25-18)15-7-2-1-3-8-15)22-13-16-9-6-12-26(16)21-24-17-10-4-5-11-19(17)29-21/h1-5,7-8,10-11,14,16H,6,9,12-13H2,(H,22,28). The van der Waals surface area contributed by atoms with E-state index in [1.807, 2.05) is 54.6 Å². The van der Waals surface area contributed by atoms with Crippen molar-refractivity contribution in [2.75, 3.05) is 18.0 Å². The van der Waals surface area contributed by atoms with Crippen molar-refractivity contribution < 1.29 is 9.21 Å². The van der Waals surface area contributed by atoms with E-state index in [1.54, 1.807) is 0 Å². The summed E-state index contributed by atoms with van der Waals surface area (Å²) in [6, 6.07) is 18.0. The SMILES string of the molecule is O=C(NCC1CCCN1c1nc2ccccc2o1)c1cnn(-c2ccccc2)n1. The van der Waals surface area contributed by atoms with Crippen LogP contribution in [-0.4, -0.2) is 45.0 Å². The molecule has 1 aliphatic rings. The molecule has 1 aliphatic heterocycles. The maximum Gasteiger partial charge on any atom is 0.298 e. The van der Waals surface area contributed by atoms with Crippen molar-refractivity contribution in [3.8, 4) is 5.69 Å². The number of para-hydroxylation sites is 3. The van der Waals surface area contributed by atoms with E-state index in [0.717, 1.165) is 36.2 Å². The first-order chi connectivity index (χ1) is 14.3. The van der Waals surface area contributed by atoms with Crippen LogP contribution in [0.3, 0.4) is 0 Å². The summed E-state index contributed by atoms with van der Waals surface area (Å²) in [6.07, 6.45) is 3.48. The van der Waals surface area contributed by atoms with Crippen LogP contribution in [0.1, 0.15) is 23.3 Å². The van der Waals surface area contributed by atoms with Crippen LogP contribution in [0.5, 0.6) is 0 Å². The van der Waals surface area contributed by atoms with Crippen LogP contribution in [0.4, 0.5) is 6.01 Å². The normalized spacial score (nSPS) is 16.4. The van der Waals surface area contributed by atoms with Crippen molar-refractivity contribution in [1.82, 2.24) is 25.3 Å². The number of fused-ring (bicyclic) bond motifs is 1. The Balaban J connectivity index is 1.25. The smallest absolute Gasteiger partial charge is 0.298 e. The molecule has 1 fully saturated rings. The molecule has 1 N–H and O–H groups in total. The van der Waals surface area contributed by atoms with Crippen molar-refractivity contribution >= 4 is 23.0 Å². The molecule has 8 nitrogen and oxygen atoms in total. The van der Waals surface area contributed by atoms with Crippen LogP contribution in [-0.2, 0) is 0 Å². The molecule has 1 amide bonds. The fourth-order valence-electron chi connectivity index (χ4n) is 3.64. The molecule has 0 radical (unpaired) electrons. The van der Waals surface area contributed by atoms with E-state index in [0.29, 0.717) is 18.3 Å². The number of nitrogens with one attached hydrogen (secondary N) is 1. The molecular formula is C21H20N6O2. The minimum absolute atomic E-state index is 0.135. The highest BCUT2D eigenvalue weighted by molar-refractivity contribution is 5.91. The van der Waals surface area contributed by atoms with E-state index in [4.69, 9.17) is 4.42 Å². The topological polar surface area (TPSA) is 89.1 Å². The summed E-state index contributed by atoms with van der Waals surface area (Å²) in [5.74, 6) is -0.239. The van der Waals surface area contributed by atoms with Gasteiger partial charge >= 0.3 is 0 Å². The summed E-state index contributed by atoms with van der Waals surface area (Å²) >= 11 is 0. The lowest BCUT2D eigenvalue weighted by Crippen LogP contribution is -2.40. The van der Waals surface area contributed by atoms with Gasteiger partial charge in [-0.3, -0.25) is 4.79 Å². The van der Waals surface area contributed by atoms with E-state index < -0.39 is 0 Å². The second kappa shape index (κ2) is 7.38. The Bertz CT molecular complexity index is 1100. The number of nitrogens with zero attached hydrogens (tertiary/aromatic N) is 5. The van der Waals surface area contributed by atoms with Crippen molar-refractivity contribution in [3.63, 3.8) is 0 Å². The molecule has 146 valence electrons. The maximum absolute atomic E-state index is 12.5. The van der Waals surface area contributed by atoms with E-state index in [9.17, 15) is 4.79 Å². The number of anilines is 1. The highest BCUT2D eigenvalue weighted by Gasteiger charge is 2.29. The lowest BCUT2D eigenvalue weighted by atomic mass is 10.2.